The molecule has 2 aliphatic rings. The predicted molar refractivity (Wildman–Crippen MR) is 142 cm³/mol. The Morgan fingerprint density at radius 2 is 1.80 bits per heavy atom. The van der Waals surface area contributed by atoms with E-state index in [-0.39, 0.29) is 30.4 Å². The van der Waals surface area contributed by atoms with E-state index in [1.165, 1.54) is 0 Å². The minimum absolute atomic E-state index is 0. The van der Waals surface area contributed by atoms with E-state index in [4.69, 9.17) is 33.0 Å². The maximum atomic E-state index is 13.7. The molecule has 2 aliphatic heterocycles. The number of piperidine rings is 1. The van der Waals surface area contributed by atoms with Crippen molar-refractivity contribution in [2.24, 2.45) is 0 Å². The number of halogens is 3. The van der Waals surface area contributed by atoms with Gasteiger partial charge in [0.25, 0.3) is 5.91 Å². The fraction of sp³-hybridized carbons (Fsp3) is 0.385. The van der Waals surface area contributed by atoms with Gasteiger partial charge in [-0.05, 0) is 70.9 Å². The van der Waals surface area contributed by atoms with E-state index in [9.17, 15) is 4.79 Å². The molecule has 6 nitrogen and oxygen atoms in total. The van der Waals surface area contributed by atoms with Crippen molar-refractivity contribution in [2.75, 3.05) is 0 Å². The van der Waals surface area contributed by atoms with Crippen molar-refractivity contribution in [1.82, 2.24) is 20.2 Å². The summed E-state index contributed by atoms with van der Waals surface area (Å²) in [7, 11) is 0. The summed E-state index contributed by atoms with van der Waals surface area (Å²) in [5.74, 6) is 0.480. The molecule has 0 saturated carbocycles. The first-order valence-corrected chi connectivity index (χ1v) is 12.4. The van der Waals surface area contributed by atoms with Crippen LogP contribution in [0.2, 0.25) is 10.0 Å². The van der Waals surface area contributed by atoms with Crippen LogP contribution < -0.4 is 10.2 Å². The monoisotopic (exact) mass is 534 g/mol. The van der Waals surface area contributed by atoms with Crippen molar-refractivity contribution in [3.8, 4) is 22.7 Å². The third kappa shape index (κ3) is 4.53. The molecule has 1 N–H and O–H groups in total. The van der Waals surface area contributed by atoms with E-state index in [2.05, 4.69) is 24.3 Å². The second-order valence-corrected chi connectivity index (χ2v) is 10.5. The second-order valence-electron chi connectivity index (χ2n) is 9.67. The third-order valence-corrected chi connectivity index (χ3v) is 7.31. The van der Waals surface area contributed by atoms with Gasteiger partial charge in [0.05, 0.1) is 22.0 Å². The zero-order chi connectivity index (χ0) is 24.2. The fourth-order valence-electron chi connectivity index (χ4n) is 5.11. The Labute approximate surface area is 221 Å². The maximum Gasteiger partial charge on any atom is 0.286 e. The van der Waals surface area contributed by atoms with Crippen molar-refractivity contribution in [1.29, 1.82) is 0 Å². The minimum Gasteiger partial charge on any atom is -0.482 e. The molecule has 2 unspecified atom stereocenters. The Morgan fingerprint density at radius 3 is 2.49 bits per heavy atom. The highest BCUT2D eigenvalue weighted by molar-refractivity contribution is 6.35. The lowest BCUT2D eigenvalue weighted by molar-refractivity contribution is 0.0358. The molecule has 0 spiro atoms. The minimum atomic E-state index is -0.785. The SMILES string of the molecule is CC1CCCC(C)N1NC(=O)c1nn(-c2ccc(Cl)cc2Cl)c2c1C(C)(C)Oc1ccccc1-2.Cl. The smallest absolute Gasteiger partial charge is 0.286 e. The van der Waals surface area contributed by atoms with E-state index in [1.807, 2.05) is 44.2 Å². The molecule has 1 amide bonds. The van der Waals surface area contributed by atoms with E-state index < -0.39 is 5.60 Å². The van der Waals surface area contributed by atoms with Crippen molar-refractivity contribution in [3.63, 3.8) is 0 Å². The van der Waals surface area contributed by atoms with Crippen LogP contribution in [0.25, 0.3) is 16.9 Å². The molecular weight excluding hydrogens is 507 g/mol. The van der Waals surface area contributed by atoms with Crippen LogP contribution in [0, 0.1) is 0 Å². The summed E-state index contributed by atoms with van der Waals surface area (Å²) in [5, 5.41) is 7.87. The Morgan fingerprint density at radius 1 is 1.11 bits per heavy atom. The molecular formula is C26H29Cl3N4O2. The normalized spacial score (nSPS) is 20.7. The summed E-state index contributed by atoms with van der Waals surface area (Å²) in [4.78, 5) is 13.7. The van der Waals surface area contributed by atoms with Gasteiger partial charge in [-0.15, -0.1) is 12.4 Å². The molecule has 1 saturated heterocycles. The van der Waals surface area contributed by atoms with E-state index >= 15 is 0 Å². The van der Waals surface area contributed by atoms with Crippen LogP contribution in [0.15, 0.2) is 42.5 Å². The number of carbonyl (C=O) groups is 1. The number of rotatable bonds is 3. The number of aromatic nitrogens is 2. The number of hydrogen-bond acceptors (Lipinski definition) is 4. The lowest BCUT2D eigenvalue weighted by Gasteiger charge is -2.39. The molecule has 1 fully saturated rings. The number of para-hydroxylation sites is 1. The number of hydrazine groups is 1. The molecule has 3 aromatic rings. The molecule has 3 heterocycles. The summed E-state index contributed by atoms with van der Waals surface area (Å²) >= 11 is 12.8. The van der Waals surface area contributed by atoms with Gasteiger partial charge in [-0.3, -0.25) is 10.2 Å². The zero-order valence-corrected chi connectivity index (χ0v) is 22.5. The van der Waals surface area contributed by atoms with Gasteiger partial charge in [0.2, 0.25) is 0 Å². The Bertz CT molecular complexity index is 1260. The lowest BCUT2D eigenvalue weighted by Crippen LogP contribution is -2.54. The Hall–Kier alpha value is -2.25. The number of hydrogen-bond donors (Lipinski definition) is 1. The van der Waals surface area contributed by atoms with Gasteiger partial charge < -0.3 is 4.74 Å². The highest BCUT2D eigenvalue weighted by Gasteiger charge is 2.42. The molecule has 2 aromatic carbocycles. The summed E-state index contributed by atoms with van der Waals surface area (Å²) < 4.78 is 8.11. The number of nitrogens with one attached hydrogen (secondary N) is 1. The predicted octanol–water partition coefficient (Wildman–Crippen LogP) is 6.80. The number of amides is 1. The van der Waals surface area contributed by atoms with E-state index in [1.54, 1.807) is 16.8 Å². The summed E-state index contributed by atoms with van der Waals surface area (Å²) in [6.45, 7) is 8.20. The van der Waals surface area contributed by atoms with Crippen LogP contribution in [0.5, 0.6) is 5.75 Å². The Kier molecular flexibility index (Phi) is 7.13. The van der Waals surface area contributed by atoms with Crippen LogP contribution in [0.4, 0.5) is 0 Å². The zero-order valence-electron chi connectivity index (χ0n) is 20.1. The largest absolute Gasteiger partial charge is 0.482 e. The van der Waals surface area contributed by atoms with Gasteiger partial charge >= 0.3 is 0 Å². The second kappa shape index (κ2) is 9.66. The number of benzene rings is 2. The number of nitrogens with zero attached hydrogens (tertiary/aromatic N) is 3. The summed E-state index contributed by atoms with van der Waals surface area (Å²) in [6, 6.07) is 13.6. The highest BCUT2D eigenvalue weighted by atomic mass is 35.5. The first-order valence-electron chi connectivity index (χ1n) is 11.6. The molecule has 0 aliphatic carbocycles. The molecule has 5 rings (SSSR count). The topological polar surface area (TPSA) is 59.4 Å². The summed E-state index contributed by atoms with van der Waals surface area (Å²) in [5.41, 5.74) is 5.71. The Balaban J connectivity index is 0.00000289. The standard InChI is InChI=1S/C26H28Cl2N4O2.ClH/c1-15-8-7-9-16(2)31(15)30-25(33)23-22-24(18-10-5-6-11-21(18)34-26(22,3)4)32(29-23)20-13-12-17(27)14-19(20)28;/h5-6,10-16H,7-9H2,1-4H3,(H,30,33);1H. The van der Waals surface area contributed by atoms with E-state index in [0.29, 0.717) is 21.4 Å². The quantitative estimate of drug-likeness (QED) is 0.400. The van der Waals surface area contributed by atoms with Crippen LogP contribution >= 0.6 is 35.6 Å². The van der Waals surface area contributed by atoms with Crippen molar-refractivity contribution >= 4 is 41.5 Å². The molecule has 1 aromatic heterocycles. The highest BCUT2D eigenvalue weighted by Crippen LogP contribution is 2.47. The molecule has 0 radical (unpaired) electrons. The van der Waals surface area contributed by atoms with Crippen molar-refractivity contribution in [2.45, 2.75) is 64.6 Å². The molecule has 186 valence electrons. The first kappa shape index (κ1) is 25.8. The van der Waals surface area contributed by atoms with Crippen molar-refractivity contribution in [3.05, 3.63) is 63.8 Å². The van der Waals surface area contributed by atoms with Gasteiger partial charge in [-0.25, -0.2) is 9.69 Å². The number of fused-ring (bicyclic) bond motifs is 3. The fourth-order valence-corrected chi connectivity index (χ4v) is 5.60. The molecule has 0 bridgehead atoms. The van der Waals surface area contributed by atoms with Crippen LogP contribution in [-0.4, -0.2) is 32.8 Å². The number of ether oxygens (including phenoxy) is 1. The van der Waals surface area contributed by atoms with Gasteiger partial charge in [0.15, 0.2) is 5.69 Å². The van der Waals surface area contributed by atoms with E-state index in [0.717, 1.165) is 41.8 Å². The van der Waals surface area contributed by atoms with Gasteiger partial charge in [0, 0.05) is 22.7 Å². The van der Waals surface area contributed by atoms with Gasteiger partial charge in [0.1, 0.15) is 11.4 Å². The molecule has 2 atom stereocenters. The lowest BCUT2D eigenvalue weighted by atomic mass is 9.89. The van der Waals surface area contributed by atoms with Crippen molar-refractivity contribution < 1.29 is 9.53 Å². The molecule has 9 heteroatoms. The first-order chi connectivity index (χ1) is 16.2. The number of carbonyl (C=O) groups excluding carboxylic acids is 1. The third-order valence-electron chi connectivity index (χ3n) is 6.77. The average molecular weight is 536 g/mol. The van der Waals surface area contributed by atoms with Gasteiger partial charge in [-0.2, -0.15) is 5.10 Å². The summed E-state index contributed by atoms with van der Waals surface area (Å²) in [6.07, 6.45) is 3.24. The maximum absolute atomic E-state index is 13.7. The average Bonchev–Trinajstić information content (AvgIpc) is 3.18. The van der Waals surface area contributed by atoms with Crippen LogP contribution in [0.1, 0.15) is 63.0 Å². The molecule has 35 heavy (non-hydrogen) atoms. The van der Waals surface area contributed by atoms with Crippen LogP contribution in [-0.2, 0) is 5.60 Å². The van der Waals surface area contributed by atoms with Crippen LogP contribution in [0.3, 0.4) is 0 Å². The van der Waals surface area contributed by atoms with Gasteiger partial charge in [-0.1, -0.05) is 41.8 Å².